The van der Waals surface area contributed by atoms with Crippen molar-refractivity contribution in [1.82, 2.24) is 25.0 Å². The van der Waals surface area contributed by atoms with Gasteiger partial charge < -0.3 is 10.2 Å². The molecule has 0 spiro atoms. The van der Waals surface area contributed by atoms with E-state index in [0.29, 0.717) is 24.9 Å². The van der Waals surface area contributed by atoms with Gasteiger partial charge in [-0.3, -0.25) is 9.48 Å². The lowest BCUT2D eigenvalue weighted by Gasteiger charge is -2.24. The van der Waals surface area contributed by atoms with E-state index in [4.69, 9.17) is 0 Å². The third-order valence-corrected chi connectivity index (χ3v) is 5.15. The second-order valence-electron chi connectivity index (χ2n) is 6.82. The molecule has 1 N–H and O–H groups in total. The number of carbonyl (C=O) groups excluding carboxylic acids is 1. The summed E-state index contributed by atoms with van der Waals surface area (Å²) in [5.74, 6) is 0.617. The van der Waals surface area contributed by atoms with E-state index < -0.39 is 6.17 Å². The fourth-order valence-electron chi connectivity index (χ4n) is 3.90. The van der Waals surface area contributed by atoms with Crippen LogP contribution in [0, 0.1) is 5.92 Å². The minimum Gasteiger partial charge on any atom is -0.336 e. The maximum atomic E-state index is 13.5. The van der Waals surface area contributed by atoms with Crippen molar-refractivity contribution in [3.8, 4) is 0 Å². The van der Waals surface area contributed by atoms with Crippen LogP contribution in [0.5, 0.6) is 0 Å². The summed E-state index contributed by atoms with van der Waals surface area (Å²) in [6.07, 6.45) is 7.03. The van der Waals surface area contributed by atoms with E-state index in [1.807, 2.05) is 11.6 Å². The third kappa shape index (κ3) is 4.07. The summed E-state index contributed by atoms with van der Waals surface area (Å²) in [5.41, 5.74) is 0. The molecular weight excluding hydrogens is 297 g/mol. The zero-order valence-electron chi connectivity index (χ0n) is 13.7. The van der Waals surface area contributed by atoms with Gasteiger partial charge in [-0.25, -0.2) is 9.37 Å². The second-order valence-corrected chi connectivity index (χ2v) is 6.82. The van der Waals surface area contributed by atoms with Gasteiger partial charge in [-0.05, 0) is 31.6 Å². The molecule has 2 heterocycles. The molecular formula is C16H26FN5O. The number of carbonyl (C=O) groups is 1. The molecule has 7 heteroatoms. The van der Waals surface area contributed by atoms with Crippen molar-refractivity contribution in [2.75, 3.05) is 13.1 Å². The highest BCUT2D eigenvalue weighted by molar-refractivity contribution is 5.79. The fraction of sp³-hybridized carbons (Fsp3) is 0.812. The Labute approximate surface area is 136 Å². The van der Waals surface area contributed by atoms with Crippen LogP contribution in [0.4, 0.5) is 4.39 Å². The molecule has 23 heavy (non-hydrogen) atoms. The number of hydrogen-bond acceptors (Lipinski definition) is 4. The standard InChI is InChI=1S/C16H26FN5O/c1-2-15-6-13(17)9-22(15)16(23)7-19-14-4-3-12(5-14)8-21-11-18-10-20-21/h10-15,19H,2-9H2,1H3/t12-,13-,14+,15?/m0/s1. The van der Waals surface area contributed by atoms with E-state index in [0.717, 1.165) is 32.2 Å². The maximum absolute atomic E-state index is 13.5. The summed E-state index contributed by atoms with van der Waals surface area (Å²) >= 11 is 0. The van der Waals surface area contributed by atoms with E-state index >= 15 is 0 Å². The van der Waals surface area contributed by atoms with Crippen LogP contribution in [0.2, 0.25) is 0 Å². The molecule has 2 aliphatic rings. The molecule has 1 aliphatic carbocycles. The quantitative estimate of drug-likeness (QED) is 0.859. The second kappa shape index (κ2) is 7.38. The van der Waals surface area contributed by atoms with Crippen LogP contribution < -0.4 is 5.32 Å². The highest BCUT2D eigenvalue weighted by Crippen LogP contribution is 2.27. The number of nitrogens with one attached hydrogen (secondary N) is 1. The van der Waals surface area contributed by atoms with Crippen molar-refractivity contribution in [3.05, 3.63) is 12.7 Å². The molecule has 3 rings (SSSR count). The number of nitrogens with zero attached hydrogens (tertiary/aromatic N) is 4. The fourth-order valence-corrected chi connectivity index (χ4v) is 3.90. The first-order valence-electron chi connectivity index (χ1n) is 8.65. The predicted molar refractivity (Wildman–Crippen MR) is 84.5 cm³/mol. The first kappa shape index (κ1) is 16.4. The van der Waals surface area contributed by atoms with Crippen LogP contribution in [-0.2, 0) is 11.3 Å². The summed E-state index contributed by atoms with van der Waals surface area (Å²) in [7, 11) is 0. The number of rotatable bonds is 6. The molecule has 1 aliphatic heterocycles. The molecule has 1 unspecified atom stereocenters. The summed E-state index contributed by atoms with van der Waals surface area (Å²) < 4.78 is 15.4. The van der Waals surface area contributed by atoms with Gasteiger partial charge in [0.2, 0.25) is 5.91 Å². The van der Waals surface area contributed by atoms with Gasteiger partial charge in [0.25, 0.3) is 0 Å². The number of aromatic nitrogens is 3. The van der Waals surface area contributed by atoms with Gasteiger partial charge in [0.05, 0.1) is 13.1 Å². The lowest BCUT2D eigenvalue weighted by Crippen LogP contribution is -2.43. The highest BCUT2D eigenvalue weighted by Gasteiger charge is 2.34. The molecule has 0 aromatic carbocycles. The van der Waals surface area contributed by atoms with Crippen LogP contribution in [0.15, 0.2) is 12.7 Å². The Morgan fingerprint density at radius 3 is 3.00 bits per heavy atom. The van der Waals surface area contributed by atoms with Gasteiger partial charge in [-0.15, -0.1) is 0 Å². The summed E-state index contributed by atoms with van der Waals surface area (Å²) in [6.45, 7) is 3.49. The Balaban J connectivity index is 1.41. The number of amides is 1. The Kier molecular flexibility index (Phi) is 5.25. The topological polar surface area (TPSA) is 63.1 Å². The van der Waals surface area contributed by atoms with Crippen molar-refractivity contribution in [1.29, 1.82) is 0 Å². The number of likely N-dealkylation sites (tertiary alicyclic amines) is 1. The molecule has 128 valence electrons. The number of alkyl halides is 1. The Morgan fingerprint density at radius 1 is 1.39 bits per heavy atom. The summed E-state index contributed by atoms with van der Waals surface area (Å²) in [5, 5.41) is 7.51. The molecule has 1 aromatic rings. The number of halogens is 1. The molecule has 6 nitrogen and oxygen atoms in total. The normalized spacial score (nSPS) is 31.0. The largest absolute Gasteiger partial charge is 0.336 e. The molecule has 1 aromatic heterocycles. The zero-order valence-corrected chi connectivity index (χ0v) is 13.7. The van der Waals surface area contributed by atoms with E-state index in [-0.39, 0.29) is 18.5 Å². The van der Waals surface area contributed by atoms with E-state index in [1.165, 1.54) is 0 Å². The molecule has 1 saturated heterocycles. The van der Waals surface area contributed by atoms with Crippen molar-refractivity contribution in [3.63, 3.8) is 0 Å². The molecule has 0 radical (unpaired) electrons. The maximum Gasteiger partial charge on any atom is 0.236 e. The average molecular weight is 323 g/mol. The lowest BCUT2D eigenvalue weighted by molar-refractivity contribution is -0.131. The van der Waals surface area contributed by atoms with Crippen molar-refractivity contribution < 1.29 is 9.18 Å². The number of hydrogen-bond donors (Lipinski definition) is 1. The van der Waals surface area contributed by atoms with Crippen molar-refractivity contribution in [2.24, 2.45) is 5.92 Å². The average Bonchev–Trinajstić information content (AvgIpc) is 3.26. The van der Waals surface area contributed by atoms with Crippen molar-refractivity contribution >= 4 is 5.91 Å². The molecule has 0 bridgehead atoms. The lowest BCUT2D eigenvalue weighted by atomic mass is 10.1. The van der Waals surface area contributed by atoms with Gasteiger partial charge in [0.15, 0.2) is 0 Å². The highest BCUT2D eigenvalue weighted by atomic mass is 19.1. The van der Waals surface area contributed by atoms with Gasteiger partial charge in [0, 0.05) is 25.0 Å². The smallest absolute Gasteiger partial charge is 0.236 e. The SMILES string of the molecule is CCC1C[C@H](F)CN1C(=O)CN[C@@H]1CC[C@H](Cn2cncn2)C1. The Bertz CT molecular complexity index is 509. The monoisotopic (exact) mass is 323 g/mol. The molecule has 1 amide bonds. The van der Waals surface area contributed by atoms with Crippen LogP contribution in [0.1, 0.15) is 39.0 Å². The van der Waals surface area contributed by atoms with Crippen LogP contribution in [0.25, 0.3) is 0 Å². The van der Waals surface area contributed by atoms with Crippen LogP contribution >= 0.6 is 0 Å². The minimum absolute atomic E-state index is 0.0386. The predicted octanol–water partition coefficient (Wildman–Crippen LogP) is 1.39. The first-order chi connectivity index (χ1) is 11.2. The van der Waals surface area contributed by atoms with Crippen LogP contribution in [-0.4, -0.2) is 56.9 Å². The first-order valence-corrected chi connectivity index (χ1v) is 8.65. The third-order valence-electron chi connectivity index (χ3n) is 5.15. The van der Waals surface area contributed by atoms with E-state index in [9.17, 15) is 9.18 Å². The van der Waals surface area contributed by atoms with Gasteiger partial charge in [-0.1, -0.05) is 6.92 Å². The molecule has 2 fully saturated rings. The molecule has 1 saturated carbocycles. The summed E-state index contributed by atoms with van der Waals surface area (Å²) in [6, 6.07) is 0.444. The minimum atomic E-state index is -0.859. The van der Waals surface area contributed by atoms with E-state index in [1.54, 1.807) is 17.6 Å². The van der Waals surface area contributed by atoms with Gasteiger partial charge in [-0.2, -0.15) is 5.10 Å². The van der Waals surface area contributed by atoms with Crippen LogP contribution in [0.3, 0.4) is 0 Å². The molecule has 4 atom stereocenters. The Hall–Kier alpha value is -1.50. The Morgan fingerprint density at radius 2 is 2.26 bits per heavy atom. The van der Waals surface area contributed by atoms with Gasteiger partial charge >= 0.3 is 0 Å². The zero-order chi connectivity index (χ0) is 16.2. The summed E-state index contributed by atoms with van der Waals surface area (Å²) in [4.78, 5) is 18.0. The van der Waals surface area contributed by atoms with Gasteiger partial charge in [0.1, 0.15) is 18.8 Å². The van der Waals surface area contributed by atoms with Crippen molar-refractivity contribution in [2.45, 2.75) is 63.8 Å². The van der Waals surface area contributed by atoms with E-state index in [2.05, 4.69) is 15.4 Å².